The van der Waals surface area contributed by atoms with Crippen LogP contribution in [0.2, 0.25) is 0 Å². The van der Waals surface area contributed by atoms with Crippen LogP contribution >= 0.6 is 0 Å². The first kappa shape index (κ1) is 23.4. The molecule has 1 aliphatic carbocycles. The van der Waals surface area contributed by atoms with Gasteiger partial charge >= 0.3 is 0 Å². The van der Waals surface area contributed by atoms with Gasteiger partial charge in [-0.15, -0.1) is 0 Å². The second-order valence-electron chi connectivity index (χ2n) is 11.6. The lowest BCUT2D eigenvalue weighted by Crippen LogP contribution is -2.53. The van der Waals surface area contributed by atoms with E-state index in [1.807, 2.05) is 0 Å². The number of carbonyl (C=O) groups is 1. The van der Waals surface area contributed by atoms with Crippen LogP contribution in [0.25, 0.3) is 10.8 Å². The van der Waals surface area contributed by atoms with Crippen LogP contribution in [-0.2, 0) is 11.2 Å². The van der Waals surface area contributed by atoms with Gasteiger partial charge in [-0.1, -0.05) is 49.4 Å². The Balaban J connectivity index is 1.24. The van der Waals surface area contributed by atoms with Gasteiger partial charge in [-0.3, -0.25) is 4.79 Å². The molecule has 188 valence electrons. The Morgan fingerprint density at radius 1 is 1.03 bits per heavy atom. The third kappa shape index (κ3) is 4.26. The Bertz CT molecular complexity index is 1280. The highest BCUT2D eigenvalue weighted by molar-refractivity contribution is 5.88. The fourth-order valence-corrected chi connectivity index (χ4v) is 6.57. The maximum absolute atomic E-state index is 14.2. The molecule has 0 saturated carbocycles. The van der Waals surface area contributed by atoms with E-state index >= 15 is 0 Å². The maximum atomic E-state index is 14.2. The molecular formula is C30H37N5O. The van der Waals surface area contributed by atoms with E-state index in [2.05, 4.69) is 88.3 Å². The van der Waals surface area contributed by atoms with Gasteiger partial charge in [0.15, 0.2) is 0 Å². The van der Waals surface area contributed by atoms with Crippen molar-refractivity contribution < 1.29 is 4.79 Å². The molecule has 2 aromatic carbocycles. The highest BCUT2D eigenvalue weighted by atomic mass is 16.2. The van der Waals surface area contributed by atoms with Gasteiger partial charge in [0.1, 0.15) is 12.1 Å². The summed E-state index contributed by atoms with van der Waals surface area (Å²) in [5.41, 5.74) is 3.71. The van der Waals surface area contributed by atoms with Crippen molar-refractivity contribution in [3.8, 4) is 0 Å². The zero-order chi connectivity index (χ0) is 24.9. The van der Waals surface area contributed by atoms with Crippen molar-refractivity contribution in [3.63, 3.8) is 0 Å². The van der Waals surface area contributed by atoms with Crippen molar-refractivity contribution in [2.45, 2.75) is 69.9 Å². The van der Waals surface area contributed by atoms with Gasteiger partial charge in [0.05, 0.1) is 5.92 Å². The predicted molar refractivity (Wildman–Crippen MR) is 144 cm³/mol. The number of aromatic nitrogens is 2. The standard InChI is InChI=1S/C30H37N5O/c1-20-8-11-24-26(20)28(32-19-31-24)34-14-16-35(17-15-34)29(36)27(25-12-13-30(2,3)33-25)23-10-9-21-6-4-5-7-22(21)18-23/h4-7,9-10,18-20,25,27,33H,8,11-17H2,1-3H3. The van der Waals surface area contributed by atoms with E-state index in [9.17, 15) is 4.79 Å². The highest BCUT2D eigenvalue weighted by Gasteiger charge is 2.41. The van der Waals surface area contributed by atoms with E-state index in [4.69, 9.17) is 0 Å². The molecule has 3 unspecified atom stereocenters. The summed E-state index contributed by atoms with van der Waals surface area (Å²) in [7, 11) is 0. The molecule has 1 amide bonds. The largest absolute Gasteiger partial charge is 0.353 e. The van der Waals surface area contributed by atoms with Crippen molar-refractivity contribution in [1.82, 2.24) is 20.2 Å². The van der Waals surface area contributed by atoms with Crippen molar-refractivity contribution in [2.75, 3.05) is 31.1 Å². The zero-order valence-electron chi connectivity index (χ0n) is 21.7. The summed E-state index contributed by atoms with van der Waals surface area (Å²) in [4.78, 5) is 27.8. The third-order valence-electron chi connectivity index (χ3n) is 8.60. The van der Waals surface area contributed by atoms with Crippen molar-refractivity contribution in [1.29, 1.82) is 0 Å². The number of fused-ring (bicyclic) bond motifs is 2. The fourth-order valence-electron chi connectivity index (χ4n) is 6.57. The van der Waals surface area contributed by atoms with E-state index in [0.717, 1.165) is 63.2 Å². The molecule has 0 spiro atoms. The lowest BCUT2D eigenvalue weighted by Gasteiger charge is -2.39. The summed E-state index contributed by atoms with van der Waals surface area (Å²) in [5.74, 6) is 1.67. The van der Waals surface area contributed by atoms with E-state index in [1.165, 1.54) is 22.0 Å². The molecule has 2 aliphatic heterocycles. The SMILES string of the molecule is CC1CCc2ncnc(N3CCN(C(=O)C(c4ccc5ccccc5c4)C4CCC(C)(C)N4)CC3)c21. The van der Waals surface area contributed by atoms with E-state index in [-0.39, 0.29) is 23.4 Å². The number of amides is 1. The normalized spacial score (nSPS) is 24.2. The fraction of sp³-hybridized carbons (Fsp3) is 0.500. The number of anilines is 1. The number of hydrogen-bond acceptors (Lipinski definition) is 5. The molecule has 3 aliphatic rings. The first-order valence-corrected chi connectivity index (χ1v) is 13.5. The molecule has 0 radical (unpaired) electrons. The monoisotopic (exact) mass is 483 g/mol. The summed E-state index contributed by atoms with van der Waals surface area (Å²) >= 11 is 0. The Hall–Kier alpha value is -2.99. The quantitative estimate of drug-likeness (QED) is 0.586. The lowest BCUT2D eigenvalue weighted by molar-refractivity contribution is -0.133. The molecular weight excluding hydrogens is 446 g/mol. The summed E-state index contributed by atoms with van der Waals surface area (Å²) in [6.45, 7) is 9.86. The number of nitrogens with one attached hydrogen (secondary N) is 1. The van der Waals surface area contributed by atoms with Crippen LogP contribution < -0.4 is 10.2 Å². The molecule has 2 saturated heterocycles. The summed E-state index contributed by atoms with van der Waals surface area (Å²) < 4.78 is 0. The van der Waals surface area contributed by atoms with Crippen LogP contribution in [-0.4, -0.2) is 58.5 Å². The summed E-state index contributed by atoms with van der Waals surface area (Å²) in [6, 6.07) is 15.1. The smallest absolute Gasteiger partial charge is 0.231 e. The maximum Gasteiger partial charge on any atom is 0.231 e. The molecule has 36 heavy (non-hydrogen) atoms. The number of hydrogen-bond donors (Lipinski definition) is 1. The Morgan fingerprint density at radius 3 is 2.56 bits per heavy atom. The molecule has 2 fully saturated rings. The molecule has 0 bridgehead atoms. The van der Waals surface area contributed by atoms with Gasteiger partial charge < -0.3 is 15.1 Å². The number of nitrogens with zero attached hydrogens (tertiary/aromatic N) is 4. The van der Waals surface area contributed by atoms with Gasteiger partial charge in [-0.2, -0.15) is 0 Å². The molecule has 3 atom stereocenters. The number of carbonyl (C=O) groups excluding carboxylic acids is 1. The van der Waals surface area contributed by atoms with Gasteiger partial charge in [-0.25, -0.2) is 9.97 Å². The summed E-state index contributed by atoms with van der Waals surface area (Å²) in [6.07, 6.45) is 6.01. The molecule has 1 aromatic heterocycles. The molecule has 6 rings (SSSR count). The van der Waals surface area contributed by atoms with Gasteiger partial charge in [0, 0.05) is 49.0 Å². The Labute approximate surface area is 214 Å². The topological polar surface area (TPSA) is 61.4 Å². The van der Waals surface area contributed by atoms with Crippen LogP contribution in [0.3, 0.4) is 0 Å². The van der Waals surface area contributed by atoms with E-state index in [1.54, 1.807) is 6.33 Å². The van der Waals surface area contributed by atoms with Gasteiger partial charge in [-0.05, 0) is 61.8 Å². The Kier molecular flexibility index (Phi) is 5.95. The molecule has 1 N–H and O–H groups in total. The van der Waals surface area contributed by atoms with Crippen molar-refractivity contribution in [2.24, 2.45) is 0 Å². The van der Waals surface area contributed by atoms with E-state index in [0.29, 0.717) is 5.92 Å². The number of piperazine rings is 1. The second-order valence-corrected chi connectivity index (χ2v) is 11.6. The van der Waals surface area contributed by atoms with Crippen molar-refractivity contribution in [3.05, 3.63) is 65.6 Å². The van der Waals surface area contributed by atoms with Crippen LogP contribution in [0.15, 0.2) is 48.8 Å². The third-order valence-corrected chi connectivity index (χ3v) is 8.60. The van der Waals surface area contributed by atoms with Gasteiger partial charge in [0.2, 0.25) is 5.91 Å². The van der Waals surface area contributed by atoms with Gasteiger partial charge in [0.25, 0.3) is 0 Å². The molecule has 3 aromatic rings. The average molecular weight is 484 g/mol. The van der Waals surface area contributed by atoms with Crippen LogP contribution in [0.1, 0.15) is 68.7 Å². The lowest BCUT2D eigenvalue weighted by atomic mass is 9.87. The number of aryl methyl sites for hydroxylation is 1. The van der Waals surface area contributed by atoms with E-state index < -0.39 is 0 Å². The van der Waals surface area contributed by atoms with Crippen LogP contribution in [0.5, 0.6) is 0 Å². The minimum atomic E-state index is -0.175. The average Bonchev–Trinajstić information content (AvgIpc) is 3.45. The number of rotatable bonds is 4. The first-order valence-electron chi connectivity index (χ1n) is 13.5. The molecule has 6 nitrogen and oxygen atoms in total. The zero-order valence-corrected chi connectivity index (χ0v) is 21.7. The Morgan fingerprint density at radius 2 is 1.81 bits per heavy atom. The second kappa shape index (κ2) is 9.15. The minimum absolute atomic E-state index is 0.0584. The molecule has 6 heteroatoms. The predicted octanol–water partition coefficient (Wildman–Crippen LogP) is 4.64. The van der Waals surface area contributed by atoms with Crippen molar-refractivity contribution >= 4 is 22.5 Å². The highest BCUT2D eigenvalue weighted by Crippen LogP contribution is 2.38. The first-order chi connectivity index (χ1) is 17.4. The molecule has 3 heterocycles. The van der Waals surface area contributed by atoms with Crippen LogP contribution in [0, 0.1) is 0 Å². The minimum Gasteiger partial charge on any atom is -0.353 e. The number of benzene rings is 2. The van der Waals surface area contributed by atoms with Crippen LogP contribution in [0.4, 0.5) is 5.82 Å². The summed E-state index contributed by atoms with van der Waals surface area (Å²) in [5, 5.41) is 6.20.